The highest BCUT2D eigenvalue weighted by atomic mass is 16.5. The van der Waals surface area contributed by atoms with E-state index in [-0.39, 0.29) is 18.1 Å². The smallest absolute Gasteiger partial charge is 0.143 e. The van der Waals surface area contributed by atoms with Crippen LogP contribution in [0.3, 0.4) is 0 Å². The first-order valence-corrected chi connectivity index (χ1v) is 9.81. The van der Waals surface area contributed by atoms with Crippen LogP contribution in [0.2, 0.25) is 0 Å². The predicted octanol–water partition coefficient (Wildman–Crippen LogP) is 4.43. The van der Waals surface area contributed by atoms with Crippen molar-refractivity contribution in [2.75, 3.05) is 13.7 Å². The number of methoxy groups -OCH3 is 1. The van der Waals surface area contributed by atoms with Crippen molar-refractivity contribution in [1.29, 1.82) is 0 Å². The van der Waals surface area contributed by atoms with Crippen LogP contribution in [0, 0.1) is 23.2 Å². The van der Waals surface area contributed by atoms with E-state index in [0.717, 1.165) is 31.8 Å². The molecule has 0 aliphatic heterocycles. The molecule has 0 spiro atoms. The van der Waals surface area contributed by atoms with Crippen molar-refractivity contribution in [3.63, 3.8) is 0 Å². The first kappa shape index (κ1) is 24.3. The lowest BCUT2D eigenvalue weighted by molar-refractivity contribution is -0.138. The Morgan fingerprint density at radius 3 is 2.20 bits per heavy atom. The molecule has 0 aliphatic rings. The van der Waals surface area contributed by atoms with Crippen LogP contribution in [0.4, 0.5) is 0 Å². The second kappa shape index (κ2) is 12.6. The fourth-order valence-corrected chi connectivity index (χ4v) is 3.55. The summed E-state index contributed by atoms with van der Waals surface area (Å²) in [7, 11) is 1.74. The van der Waals surface area contributed by atoms with Gasteiger partial charge in [-0.15, -0.1) is 0 Å². The van der Waals surface area contributed by atoms with E-state index in [0.29, 0.717) is 12.2 Å². The van der Waals surface area contributed by atoms with Gasteiger partial charge in [-0.25, -0.2) is 0 Å². The van der Waals surface area contributed by atoms with Crippen LogP contribution >= 0.6 is 0 Å². The molecular formula is C21H40O4. The maximum Gasteiger partial charge on any atom is 0.143 e. The zero-order valence-corrected chi connectivity index (χ0v) is 17.2. The van der Waals surface area contributed by atoms with Crippen LogP contribution in [0.15, 0.2) is 0 Å². The van der Waals surface area contributed by atoms with Crippen molar-refractivity contribution in [3.8, 4) is 0 Å². The van der Waals surface area contributed by atoms with Crippen LogP contribution in [-0.4, -0.2) is 37.0 Å². The number of rotatable bonds is 15. The van der Waals surface area contributed by atoms with Crippen LogP contribution in [-0.2, 0) is 14.3 Å². The van der Waals surface area contributed by atoms with Gasteiger partial charge in [0.05, 0.1) is 6.10 Å². The first-order chi connectivity index (χ1) is 11.7. The molecule has 0 radical (unpaired) electrons. The highest BCUT2D eigenvalue weighted by molar-refractivity contribution is 5.87. The maximum absolute atomic E-state index is 12.7. The lowest BCUT2D eigenvalue weighted by Gasteiger charge is -2.31. The molecule has 0 bridgehead atoms. The van der Waals surface area contributed by atoms with Gasteiger partial charge < -0.3 is 14.6 Å². The van der Waals surface area contributed by atoms with E-state index in [1.165, 1.54) is 19.3 Å². The number of hydrogen-bond donors (Lipinski definition) is 1. The van der Waals surface area contributed by atoms with Gasteiger partial charge in [0.25, 0.3) is 0 Å². The summed E-state index contributed by atoms with van der Waals surface area (Å²) < 4.78 is 5.09. The van der Waals surface area contributed by atoms with E-state index in [1.807, 2.05) is 6.92 Å². The summed E-state index contributed by atoms with van der Waals surface area (Å²) in [4.78, 5) is 23.3. The van der Waals surface area contributed by atoms with Crippen molar-refractivity contribution < 1.29 is 19.4 Å². The fourth-order valence-electron chi connectivity index (χ4n) is 3.55. The molecule has 25 heavy (non-hydrogen) atoms. The van der Waals surface area contributed by atoms with E-state index < -0.39 is 11.5 Å². The van der Waals surface area contributed by atoms with Gasteiger partial charge in [0.2, 0.25) is 0 Å². The molecule has 0 rings (SSSR count). The third-order valence-electron chi connectivity index (χ3n) is 5.43. The van der Waals surface area contributed by atoms with Gasteiger partial charge in [0.1, 0.15) is 12.1 Å². The Kier molecular flexibility index (Phi) is 12.2. The van der Waals surface area contributed by atoms with Gasteiger partial charge in [-0.1, -0.05) is 53.9 Å². The number of carbonyl (C=O) groups excluding carboxylic acids is 2. The molecule has 0 aromatic carbocycles. The van der Waals surface area contributed by atoms with Crippen molar-refractivity contribution in [2.45, 2.75) is 85.7 Å². The lowest BCUT2D eigenvalue weighted by Crippen LogP contribution is -2.40. The third-order valence-corrected chi connectivity index (χ3v) is 5.43. The number of ketones is 1. The Balaban J connectivity index is 4.21. The molecule has 4 atom stereocenters. The minimum Gasteiger partial charge on any atom is -0.392 e. The molecule has 4 nitrogen and oxygen atoms in total. The Labute approximate surface area is 154 Å². The molecule has 4 unspecified atom stereocenters. The highest BCUT2D eigenvalue weighted by Gasteiger charge is 2.37. The van der Waals surface area contributed by atoms with Crippen LogP contribution in [0.1, 0.15) is 79.6 Å². The number of aldehydes is 1. The van der Waals surface area contributed by atoms with Crippen molar-refractivity contribution in [1.82, 2.24) is 0 Å². The molecule has 0 heterocycles. The highest BCUT2D eigenvalue weighted by Crippen LogP contribution is 2.31. The summed E-state index contributed by atoms with van der Waals surface area (Å²) in [5, 5.41) is 10.1. The van der Waals surface area contributed by atoms with E-state index in [4.69, 9.17) is 4.74 Å². The van der Waals surface area contributed by atoms with Gasteiger partial charge in [0.15, 0.2) is 0 Å². The van der Waals surface area contributed by atoms with Gasteiger partial charge in [-0.2, -0.15) is 0 Å². The molecule has 1 N–H and O–H groups in total. The topological polar surface area (TPSA) is 63.6 Å². The molecule has 148 valence electrons. The quantitative estimate of drug-likeness (QED) is 0.348. The first-order valence-electron chi connectivity index (χ1n) is 9.81. The zero-order valence-electron chi connectivity index (χ0n) is 17.2. The number of Topliss-reactive ketones (excluding diaryl/α,β-unsaturated/α-hetero) is 1. The van der Waals surface area contributed by atoms with Crippen molar-refractivity contribution in [3.05, 3.63) is 0 Å². The van der Waals surface area contributed by atoms with E-state index in [2.05, 4.69) is 13.8 Å². The molecule has 0 fully saturated rings. The van der Waals surface area contributed by atoms with E-state index in [9.17, 15) is 14.7 Å². The molecule has 0 saturated carbocycles. The van der Waals surface area contributed by atoms with Crippen LogP contribution in [0.25, 0.3) is 0 Å². The molecule has 0 aromatic heterocycles. The average Bonchev–Trinajstić information content (AvgIpc) is 2.54. The Morgan fingerprint density at radius 1 is 1.08 bits per heavy atom. The SMILES string of the molecule is COCCCC(C)CCCC(C)CC(C)C(=O)C(C)(C)C(O)CC=O. The minimum atomic E-state index is -0.900. The average molecular weight is 357 g/mol. The summed E-state index contributed by atoms with van der Waals surface area (Å²) in [6, 6.07) is 0. The largest absolute Gasteiger partial charge is 0.392 e. The second-order valence-corrected chi connectivity index (χ2v) is 8.42. The minimum absolute atomic E-state index is 0.0158. The molecule has 4 heteroatoms. The van der Waals surface area contributed by atoms with Crippen LogP contribution in [0.5, 0.6) is 0 Å². The maximum atomic E-state index is 12.7. The predicted molar refractivity (Wildman–Crippen MR) is 103 cm³/mol. The second-order valence-electron chi connectivity index (χ2n) is 8.42. The Bertz CT molecular complexity index is 378. The van der Waals surface area contributed by atoms with Crippen molar-refractivity contribution >= 4 is 12.1 Å². The van der Waals surface area contributed by atoms with Gasteiger partial charge in [-0.05, 0) is 31.1 Å². The zero-order chi connectivity index (χ0) is 19.5. The normalized spacial score (nSPS) is 16.9. The summed E-state index contributed by atoms with van der Waals surface area (Å²) in [5.41, 5.74) is -0.865. The van der Waals surface area contributed by atoms with Gasteiger partial charge in [0, 0.05) is 31.5 Å². The van der Waals surface area contributed by atoms with Crippen molar-refractivity contribution in [2.24, 2.45) is 23.2 Å². The summed E-state index contributed by atoms with van der Waals surface area (Å²) in [6.45, 7) is 10.8. The monoisotopic (exact) mass is 356 g/mol. The molecule has 0 amide bonds. The van der Waals surface area contributed by atoms with Gasteiger partial charge in [-0.3, -0.25) is 4.79 Å². The number of aliphatic hydroxyl groups is 1. The Hall–Kier alpha value is -0.740. The summed E-state index contributed by atoms with van der Waals surface area (Å²) in [5.74, 6) is 1.18. The van der Waals surface area contributed by atoms with E-state index >= 15 is 0 Å². The molecule has 0 aliphatic carbocycles. The lowest BCUT2D eigenvalue weighted by atomic mass is 9.74. The van der Waals surface area contributed by atoms with E-state index in [1.54, 1.807) is 21.0 Å². The fraction of sp³-hybridized carbons (Fsp3) is 0.905. The van der Waals surface area contributed by atoms with Crippen LogP contribution < -0.4 is 0 Å². The standard InChI is InChI=1S/C21H40O4/c1-16(11-8-14-25-6)9-7-10-17(2)15-18(3)20(24)21(4,5)19(23)12-13-22/h13,16-19,23H,7-12,14-15H2,1-6H3. The van der Waals surface area contributed by atoms with Gasteiger partial charge >= 0.3 is 0 Å². The number of carbonyl (C=O) groups is 2. The molecule has 0 aromatic rings. The summed E-state index contributed by atoms with van der Waals surface area (Å²) in [6.07, 6.45) is 6.51. The number of hydrogen-bond acceptors (Lipinski definition) is 4. The Morgan fingerprint density at radius 2 is 1.64 bits per heavy atom. The molecule has 0 saturated heterocycles. The molecular weight excluding hydrogens is 316 g/mol. The number of ether oxygens (including phenoxy) is 1. The number of aliphatic hydroxyl groups excluding tert-OH is 1. The summed E-state index contributed by atoms with van der Waals surface area (Å²) >= 11 is 0. The third kappa shape index (κ3) is 9.50.